The van der Waals surface area contributed by atoms with Gasteiger partial charge in [0.2, 0.25) is 0 Å². The summed E-state index contributed by atoms with van der Waals surface area (Å²) in [6.07, 6.45) is 3.72. The summed E-state index contributed by atoms with van der Waals surface area (Å²) in [6.45, 7) is 2.58. The predicted octanol–water partition coefficient (Wildman–Crippen LogP) is 3.65. The zero-order valence-electron chi connectivity index (χ0n) is 12.5. The summed E-state index contributed by atoms with van der Waals surface area (Å²) in [4.78, 5) is 11.6. The van der Waals surface area contributed by atoms with E-state index in [0.717, 1.165) is 6.42 Å². The van der Waals surface area contributed by atoms with E-state index in [1.165, 1.54) is 29.5 Å². The van der Waals surface area contributed by atoms with E-state index in [0.29, 0.717) is 12.1 Å². The molecule has 0 aliphatic rings. The van der Waals surface area contributed by atoms with Crippen LogP contribution in [0.1, 0.15) is 16.7 Å². The van der Waals surface area contributed by atoms with Crippen LogP contribution in [-0.4, -0.2) is 12.6 Å². The van der Waals surface area contributed by atoms with Gasteiger partial charge in [-0.3, -0.25) is 0 Å². The number of hydrogen-bond donors (Lipinski definition) is 2. The zero-order chi connectivity index (χ0) is 15.8. The van der Waals surface area contributed by atoms with Crippen LogP contribution >= 0.6 is 0 Å². The number of rotatable bonds is 5. The van der Waals surface area contributed by atoms with Crippen molar-refractivity contribution < 1.29 is 9.18 Å². The number of nitrogens with one attached hydrogen (secondary N) is 2. The summed E-state index contributed by atoms with van der Waals surface area (Å²) in [6, 6.07) is 14.3. The number of amides is 2. The van der Waals surface area contributed by atoms with Crippen LogP contribution in [-0.2, 0) is 6.42 Å². The highest BCUT2D eigenvalue weighted by molar-refractivity contribution is 5.75. The lowest BCUT2D eigenvalue weighted by atomic mass is 10.1. The number of benzene rings is 2. The summed E-state index contributed by atoms with van der Waals surface area (Å²) >= 11 is 0. The van der Waals surface area contributed by atoms with Crippen molar-refractivity contribution in [1.29, 1.82) is 0 Å². The molecule has 0 aliphatic carbocycles. The fourth-order valence-electron chi connectivity index (χ4n) is 1.94. The largest absolute Gasteiger partial charge is 0.338 e. The second-order valence-electron chi connectivity index (χ2n) is 4.99. The molecule has 114 valence electrons. The standard InChI is InChI=1S/C18H19FN2O/c1-14-6-8-15(9-7-14)10-12-20-18(22)21-13-11-16-4-2-3-5-17(16)19/h2-9,11,13H,10,12H2,1H3,(H2,20,21,22)/b13-11+. The van der Waals surface area contributed by atoms with Crippen molar-refractivity contribution in [2.75, 3.05) is 6.54 Å². The first-order chi connectivity index (χ1) is 10.6. The van der Waals surface area contributed by atoms with Gasteiger partial charge in [-0.25, -0.2) is 9.18 Å². The normalized spacial score (nSPS) is 10.6. The molecule has 0 atom stereocenters. The summed E-state index contributed by atoms with van der Waals surface area (Å²) in [5, 5.41) is 5.31. The Labute approximate surface area is 129 Å². The van der Waals surface area contributed by atoms with Gasteiger partial charge in [-0.1, -0.05) is 48.0 Å². The molecule has 0 aliphatic heterocycles. The van der Waals surface area contributed by atoms with Gasteiger partial charge in [-0.2, -0.15) is 0 Å². The summed E-state index contributed by atoms with van der Waals surface area (Å²) < 4.78 is 13.4. The minimum absolute atomic E-state index is 0.306. The van der Waals surface area contributed by atoms with Gasteiger partial charge < -0.3 is 10.6 Å². The van der Waals surface area contributed by atoms with Crippen molar-refractivity contribution in [3.8, 4) is 0 Å². The molecule has 0 aromatic heterocycles. The van der Waals surface area contributed by atoms with Gasteiger partial charge in [0, 0.05) is 18.3 Å². The Kier molecular flexibility index (Phi) is 5.72. The van der Waals surface area contributed by atoms with E-state index in [9.17, 15) is 9.18 Å². The van der Waals surface area contributed by atoms with Crippen LogP contribution in [0, 0.1) is 12.7 Å². The molecule has 22 heavy (non-hydrogen) atoms. The number of urea groups is 1. The van der Waals surface area contributed by atoms with E-state index in [4.69, 9.17) is 0 Å². The molecule has 4 heteroatoms. The van der Waals surface area contributed by atoms with Crippen molar-refractivity contribution in [1.82, 2.24) is 10.6 Å². The van der Waals surface area contributed by atoms with Crippen LogP contribution in [0.2, 0.25) is 0 Å². The highest BCUT2D eigenvalue weighted by Gasteiger charge is 1.98. The number of hydrogen-bond acceptors (Lipinski definition) is 1. The smallest absolute Gasteiger partial charge is 0.318 e. The second kappa shape index (κ2) is 7.98. The molecule has 0 heterocycles. The molecule has 2 N–H and O–H groups in total. The lowest BCUT2D eigenvalue weighted by Crippen LogP contribution is -2.33. The van der Waals surface area contributed by atoms with Gasteiger partial charge >= 0.3 is 6.03 Å². The van der Waals surface area contributed by atoms with Crippen molar-refractivity contribution in [3.05, 3.63) is 77.2 Å². The molecule has 0 unspecified atom stereocenters. The molecule has 2 amide bonds. The average molecular weight is 298 g/mol. The van der Waals surface area contributed by atoms with Gasteiger partial charge in [0.1, 0.15) is 5.82 Å². The molecule has 0 spiro atoms. The third-order valence-electron chi connectivity index (χ3n) is 3.20. The molecule has 0 bridgehead atoms. The topological polar surface area (TPSA) is 41.1 Å². The second-order valence-corrected chi connectivity index (χ2v) is 4.99. The first-order valence-corrected chi connectivity index (χ1v) is 7.16. The molecule has 3 nitrogen and oxygen atoms in total. The highest BCUT2D eigenvalue weighted by Crippen LogP contribution is 2.07. The van der Waals surface area contributed by atoms with Crippen molar-refractivity contribution in [3.63, 3.8) is 0 Å². The van der Waals surface area contributed by atoms with Crippen LogP contribution < -0.4 is 10.6 Å². The Balaban J connectivity index is 1.72. The van der Waals surface area contributed by atoms with Gasteiger partial charge in [0.15, 0.2) is 0 Å². The third-order valence-corrected chi connectivity index (χ3v) is 3.20. The molecule has 2 rings (SSSR count). The van der Waals surface area contributed by atoms with Crippen LogP contribution in [0.15, 0.2) is 54.7 Å². The minimum Gasteiger partial charge on any atom is -0.338 e. The van der Waals surface area contributed by atoms with Crippen molar-refractivity contribution in [2.45, 2.75) is 13.3 Å². The Hall–Kier alpha value is -2.62. The predicted molar refractivity (Wildman–Crippen MR) is 86.9 cm³/mol. The Morgan fingerprint density at radius 1 is 1.14 bits per heavy atom. The maximum Gasteiger partial charge on any atom is 0.318 e. The SMILES string of the molecule is Cc1ccc(CCNC(=O)N/C=C/c2ccccc2F)cc1. The van der Waals surface area contributed by atoms with Crippen LogP contribution in [0.25, 0.3) is 6.08 Å². The van der Waals surface area contributed by atoms with Crippen LogP contribution in [0.5, 0.6) is 0 Å². The zero-order valence-corrected chi connectivity index (χ0v) is 12.5. The lowest BCUT2D eigenvalue weighted by molar-refractivity contribution is 0.244. The molecular weight excluding hydrogens is 279 g/mol. The van der Waals surface area contributed by atoms with Crippen molar-refractivity contribution >= 4 is 12.1 Å². The number of halogens is 1. The van der Waals surface area contributed by atoms with Gasteiger partial charge in [-0.05, 0) is 31.1 Å². The van der Waals surface area contributed by atoms with E-state index in [2.05, 4.69) is 10.6 Å². The fraction of sp³-hybridized carbons (Fsp3) is 0.167. The van der Waals surface area contributed by atoms with E-state index in [1.54, 1.807) is 18.2 Å². The highest BCUT2D eigenvalue weighted by atomic mass is 19.1. The van der Waals surface area contributed by atoms with Crippen molar-refractivity contribution in [2.24, 2.45) is 0 Å². The minimum atomic E-state index is -0.319. The summed E-state index contributed by atoms with van der Waals surface area (Å²) in [5.74, 6) is -0.319. The Bertz CT molecular complexity index is 650. The lowest BCUT2D eigenvalue weighted by Gasteiger charge is -2.05. The van der Waals surface area contributed by atoms with Gasteiger partial charge in [0.05, 0.1) is 0 Å². The molecule has 2 aromatic rings. The number of carbonyl (C=O) groups excluding carboxylic acids is 1. The van der Waals surface area contributed by atoms with E-state index < -0.39 is 0 Å². The van der Waals surface area contributed by atoms with E-state index in [-0.39, 0.29) is 11.8 Å². The molecule has 0 radical (unpaired) electrons. The molecule has 2 aromatic carbocycles. The third kappa shape index (κ3) is 5.05. The van der Waals surface area contributed by atoms with Crippen LogP contribution in [0.3, 0.4) is 0 Å². The maximum atomic E-state index is 13.4. The van der Waals surface area contributed by atoms with Gasteiger partial charge in [0.25, 0.3) is 0 Å². The van der Waals surface area contributed by atoms with E-state index in [1.807, 2.05) is 31.2 Å². The molecule has 0 saturated carbocycles. The quantitative estimate of drug-likeness (QED) is 0.869. The molecule has 0 fully saturated rings. The number of carbonyl (C=O) groups is 1. The fourth-order valence-corrected chi connectivity index (χ4v) is 1.94. The average Bonchev–Trinajstić information content (AvgIpc) is 2.51. The van der Waals surface area contributed by atoms with Crippen LogP contribution in [0.4, 0.5) is 9.18 Å². The van der Waals surface area contributed by atoms with Gasteiger partial charge in [-0.15, -0.1) is 0 Å². The molecule has 0 saturated heterocycles. The molecular formula is C18H19FN2O. The first kappa shape index (κ1) is 15.8. The number of aryl methyl sites for hydroxylation is 1. The summed E-state index contributed by atoms with van der Waals surface area (Å²) in [7, 11) is 0. The monoisotopic (exact) mass is 298 g/mol. The maximum absolute atomic E-state index is 13.4. The van der Waals surface area contributed by atoms with E-state index >= 15 is 0 Å². The summed E-state index contributed by atoms with van der Waals surface area (Å²) in [5.41, 5.74) is 2.82. The first-order valence-electron chi connectivity index (χ1n) is 7.16. The Morgan fingerprint density at radius 3 is 2.59 bits per heavy atom. The Morgan fingerprint density at radius 2 is 1.86 bits per heavy atom.